The molecule has 1 aromatic heterocycles. The number of carbonyl (C=O) groups is 4. The highest BCUT2D eigenvalue weighted by molar-refractivity contribution is 7.11. The second-order valence-electron chi connectivity index (χ2n) is 16.5. The number of nitrogens with zero attached hydrogens (tertiary/aromatic N) is 4. The molecule has 9 atom stereocenters. The molecule has 0 radical (unpaired) electrons. The van der Waals surface area contributed by atoms with Gasteiger partial charge in [-0.05, 0) is 56.7 Å². The van der Waals surface area contributed by atoms with E-state index in [2.05, 4.69) is 22.5 Å². The van der Waals surface area contributed by atoms with Gasteiger partial charge in [-0.15, -0.1) is 11.3 Å². The number of hydrogen-bond donors (Lipinski definition) is 3. The molecule has 0 aliphatic carbocycles. The minimum absolute atomic E-state index is 0.0228. The molecule has 2 heterocycles. The van der Waals surface area contributed by atoms with E-state index >= 15 is 0 Å². The van der Waals surface area contributed by atoms with Gasteiger partial charge in [0.2, 0.25) is 23.6 Å². The molecular weight excluding hydrogens is 745 g/mol. The van der Waals surface area contributed by atoms with Crippen molar-refractivity contribution >= 4 is 35.0 Å². The number of thiazole rings is 1. The van der Waals surface area contributed by atoms with Crippen molar-refractivity contribution in [2.45, 2.75) is 130 Å². The number of aliphatic hydroxyl groups is 1. The Hall–Kier alpha value is -3.43. The number of ether oxygens (including phenoxy) is 2. The van der Waals surface area contributed by atoms with Crippen molar-refractivity contribution in [3.8, 4) is 0 Å². The van der Waals surface area contributed by atoms with E-state index in [0.717, 1.165) is 18.4 Å². The lowest BCUT2D eigenvalue weighted by molar-refractivity contribution is -0.148. The number of benzene rings is 1. The van der Waals surface area contributed by atoms with Crippen LogP contribution in [-0.2, 0) is 41.7 Å². The molecule has 0 saturated carbocycles. The van der Waals surface area contributed by atoms with Crippen LogP contribution in [0, 0.1) is 23.7 Å². The van der Waals surface area contributed by atoms with Gasteiger partial charge in [-0.3, -0.25) is 24.1 Å². The fourth-order valence-electron chi connectivity index (χ4n) is 8.32. The molecule has 0 bridgehead atoms. The van der Waals surface area contributed by atoms with Crippen LogP contribution in [-0.4, -0.2) is 127 Å². The molecule has 320 valence electrons. The molecule has 1 aromatic carbocycles. The summed E-state index contributed by atoms with van der Waals surface area (Å²) in [4.78, 5) is 66.7. The number of aliphatic hydroxyl groups excluding tert-OH is 1. The van der Waals surface area contributed by atoms with Crippen molar-refractivity contribution in [3.63, 3.8) is 0 Å². The van der Waals surface area contributed by atoms with Crippen LogP contribution in [0.25, 0.3) is 0 Å². The lowest BCUT2D eigenvalue weighted by Gasteiger charge is -2.41. The Bertz CT molecular complexity index is 1560. The van der Waals surface area contributed by atoms with Crippen molar-refractivity contribution in [3.05, 3.63) is 52.0 Å². The molecule has 1 aliphatic rings. The molecular formula is C43H70N6O7S. The highest BCUT2D eigenvalue weighted by atomic mass is 32.1. The molecule has 1 aliphatic heterocycles. The zero-order chi connectivity index (χ0) is 42.6. The Morgan fingerprint density at radius 2 is 1.63 bits per heavy atom. The van der Waals surface area contributed by atoms with Gasteiger partial charge in [-0.25, -0.2) is 4.98 Å². The summed E-state index contributed by atoms with van der Waals surface area (Å²) >= 11 is 1.37. The summed E-state index contributed by atoms with van der Waals surface area (Å²) in [6.45, 7) is 14.1. The van der Waals surface area contributed by atoms with Crippen LogP contribution in [0.5, 0.6) is 0 Å². The third kappa shape index (κ3) is 12.5. The lowest BCUT2D eigenvalue weighted by atomic mass is 9.89. The summed E-state index contributed by atoms with van der Waals surface area (Å²) in [5.74, 6) is -1.54. The van der Waals surface area contributed by atoms with Crippen LogP contribution < -0.4 is 10.6 Å². The van der Waals surface area contributed by atoms with E-state index in [0.29, 0.717) is 29.3 Å². The maximum Gasteiger partial charge on any atom is 0.245 e. The van der Waals surface area contributed by atoms with Gasteiger partial charge in [0.25, 0.3) is 0 Å². The number of aromatic nitrogens is 1. The standard InChI is InChI=1S/C43H70N6O7S/c1-13-28(6)38(48(10)43(54)36(26(2)3)46-41(53)37(27(4)5)47(8)9)34(55-11)23-35(51)49-21-17-20-33(49)39(56-12)29(7)40(52)45-32(22-30-18-15-14-16-19-30)42-44-24-31(25-50)57-42/h14-16,18-19,24,26-29,32-34,36-39,50H,13,17,20-23,25H2,1-12H3,(H,45,52)(H,46,53)/t28-,29+,32?,33-,34+,36-,37-,38-,39+/m0/s1. The van der Waals surface area contributed by atoms with Gasteiger partial charge < -0.3 is 35.0 Å². The fraction of sp³-hybridized carbons (Fsp3) is 0.698. The minimum Gasteiger partial charge on any atom is -0.391 e. The average Bonchev–Trinajstić information content (AvgIpc) is 3.87. The largest absolute Gasteiger partial charge is 0.391 e. The van der Waals surface area contributed by atoms with Gasteiger partial charge in [-0.1, -0.05) is 85.2 Å². The van der Waals surface area contributed by atoms with Crippen LogP contribution in [0.4, 0.5) is 0 Å². The van der Waals surface area contributed by atoms with Crippen molar-refractivity contribution in [1.29, 1.82) is 0 Å². The predicted octanol–water partition coefficient (Wildman–Crippen LogP) is 4.68. The van der Waals surface area contributed by atoms with E-state index in [1.54, 1.807) is 32.4 Å². The summed E-state index contributed by atoms with van der Waals surface area (Å²) in [6.07, 6.45) is 3.15. The number of likely N-dealkylation sites (N-methyl/N-ethyl adjacent to an activating group) is 2. The molecule has 13 nitrogen and oxygen atoms in total. The van der Waals surface area contributed by atoms with Crippen molar-refractivity contribution in [2.75, 3.05) is 41.9 Å². The monoisotopic (exact) mass is 815 g/mol. The number of methoxy groups -OCH3 is 2. The first-order valence-electron chi connectivity index (χ1n) is 20.5. The zero-order valence-electron chi connectivity index (χ0n) is 36.4. The topological polar surface area (TPSA) is 154 Å². The third-order valence-corrected chi connectivity index (χ3v) is 12.7. The maximum atomic E-state index is 14.3. The lowest BCUT2D eigenvalue weighted by Crippen LogP contribution is -2.59. The van der Waals surface area contributed by atoms with Crippen LogP contribution in [0.1, 0.15) is 95.6 Å². The summed E-state index contributed by atoms with van der Waals surface area (Å²) in [5.41, 5.74) is 1.04. The Labute approximate surface area is 345 Å². The molecule has 4 amide bonds. The van der Waals surface area contributed by atoms with Gasteiger partial charge in [0, 0.05) is 34.0 Å². The molecule has 14 heteroatoms. The van der Waals surface area contributed by atoms with E-state index in [1.165, 1.54) is 11.3 Å². The zero-order valence-corrected chi connectivity index (χ0v) is 37.2. The molecule has 2 aromatic rings. The Balaban J connectivity index is 1.81. The van der Waals surface area contributed by atoms with Crippen LogP contribution in [0.15, 0.2) is 36.5 Å². The Kier molecular flexibility index (Phi) is 19.0. The fourth-order valence-corrected chi connectivity index (χ4v) is 9.15. The molecule has 1 fully saturated rings. The Morgan fingerprint density at radius 3 is 2.16 bits per heavy atom. The first-order valence-corrected chi connectivity index (χ1v) is 21.3. The van der Waals surface area contributed by atoms with E-state index < -0.39 is 42.3 Å². The normalized spacial score (nSPS) is 18.8. The third-order valence-electron chi connectivity index (χ3n) is 11.6. The number of hydrogen-bond acceptors (Lipinski definition) is 10. The number of rotatable bonds is 22. The SMILES string of the molecule is CC[C@H](C)[C@@H]([C@@H](CC(=O)N1CCC[C@H]1[C@H](OC)[C@@H](C)C(=O)NC(Cc1ccccc1)c1ncc(CO)s1)OC)N(C)C(=O)[C@@H](NC(=O)[C@H](C(C)C)N(C)C)C(C)C. The number of amides is 4. The quantitative estimate of drug-likeness (QED) is 0.154. The van der Waals surface area contributed by atoms with E-state index in [9.17, 15) is 24.3 Å². The second-order valence-corrected chi connectivity index (χ2v) is 17.7. The molecule has 1 saturated heterocycles. The van der Waals surface area contributed by atoms with Gasteiger partial charge >= 0.3 is 0 Å². The van der Waals surface area contributed by atoms with E-state index in [-0.39, 0.29) is 60.5 Å². The van der Waals surface area contributed by atoms with Crippen molar-refractivity contribution in [2.24, 2.45) is 23.7 Å². The number of likely N-dealkylation sites (tertiary alicyclic amines) is 1. The highest BCUT2D eigenvalue weighted by Crippen LogP contribution is 2.31. The smallest absolute Gasteiger partial charge is 0.245 e. The van der Waals surface area contributed by atoms with Crippen molar-refractivity contribution < 1.29 is 33.8 Å². The molecule has 0 spiro atoms. The first kappa shape index (κ1) is 47.9. The minimum atomic E-state index is -0.763. The Morgan fingerprint density at radius 1 is 0.965 bits per heavy atom. The summed E-state index contributed by atoms with van der Waals surface area (Å²) < 4.78 is 12.1. The molecule has 57 heavy (non-hydrogen) atoms. The molecule has 1 unspecified atom stereocenters. The summed E-state index contributed by atoms with van der Waals surface area (Å²) in [5, 5.41) is 16.6. The van der Waals surface area contributed by atoms with E-state index in [4.69, 9.17) is 9.47 Å². The first-order chi connectivity index (χ1) is 27.0. The maximum absolute atomic E-state index is 14.3. The van der Waals surface area contributed by atoms with Crippen LogP contribution >= 0.6 is 11.3 Å². The summed E-state index contributed by atoms with van der Waals surface area (Å²) in [7, 11) is 8.61. The van der Waals surface area contributed by atoms with Gasteiger partial charge in [0.05, 0.1) is 60.2 Å². The molecule has 3 N–H and O–H groups in total. The molecule has 3 rings (SSSR count). The average molecular weight is 815 g/mol. The van der Waals surface area contributed by atoms with Gasteiger partial charge in [0.15, 0.2) is 0 Å². The van der Waals surface area contributed by atoms with E-state index in [1.807, 2.05) is 95.8 Å². The predicted molar refractivity (Wildman–Crippen MR) is 224 cm³/mol. The highest BCUT2D eigenvalue weighted by Gasteiger charge is 2.43. The second kappa shape index (κ2) is 22.6. The number of carbonyl (C=O) groups excluding carboxylic acids is 4. The van der Waals surface area contributed by atoms with Crippen molar-refractivity contribution in [1.82, 2.24) is 30.3 Å². The van der Waals surface area contributed by atoms with Crippen LogP contribution in [0.2, 0.25) is 0 Å². The van der Waals surface area contributed by atoms with Crippen LogP contribution in [0.3, 0.4) is 0 Å². The summed E-state index contributed by atoms with van der Waals surface area (Å²) in [6, 6.07) is 7.49. The van der Waals surface area contributed by atoms with Gasteiger partial charge in [-0.2, -0.15) is 0 Å². The van der Waals surface area contributed by atoms with Gasteiger partial charge in [0.1, 0.15) is 11.0 Å². The number of nitrogens with one attached hydrogen (secondary N) is 2.